The van der Waals surface area contributed by atoms with Gasteiger partial charge in [-0.05, 0) is 6.92 Å². The number of aromatic amines is 1. The van der Waals surface area contributed by atoms with Crippen LogP contribution >= 0.6 is 0 Å². The molecule has 0 fully saturated rings. The van der Waals surface area contributed by atoms with Crippen molar-refractivity contribution >= 4 is 5.97 Å². The maximum absolute atomic E-state index is 11.1. The number of hydrogen-bond donors (Lipinski definition) is 1. The first-order valence-electron chi connectivity index (χ1n) is 3.43. The third-order valence-corrected chi connectivity index (χ3v) is 1.46. The van der Waals surface area contributed by atoms with Crippen LogP contribution < -0.4 is 5.43 Å². The Morgan fingerprint density at radius 3 is 2.75 bits per heavy atom. The van der Waals surface area contributed by atoms with Gasteiger partial charge < -0.3 is 9.72 Å². The minimum absolute atomic E-state index is 0.0306. The molecule has 0 saturated carbocycles. The van der Waals surface area contributed by atoms with Crippen LogP contribution in [0.5, 0.6) is 0 Å². The zero-order valence-corrected chi connectivity index (χ0v) is 6.88. The highest BCUT2D eigenvalue weighted by Crippen LogP contribution is 1.93. The lowest BCUT2D eigenvalue weighted by atomic mass is 10.2. The lowest BCUT2D eigenvalue weighted by molar-refractivity contribution is 0.0599. The normalized spacial score (nSPS) is 9.50. The molecule has 0 spiro atoms. The Hall–Kier alpha value is -1.58. The molecule has 0 atom stereocenters. The molecule has 0 amide bonds. The van der Waals surface area contributed by atoms with Gasteiger partial charge in [-0.2, -0.15) is 0 Å². The van der Waals surface area contributed by atoms with E-state index in [-0.39, 0.29) is 11.0 Å². The van der Waals surface area contributed by atoms with Crippen LogP contribution in [0, 0.1) is 6.92 Å². The molecule has 1 aromatic rings. The maximum atomic E-state index is 11.1. The predicted molar refractivity (Wildman–Crippen MR) is 43.1 cm³/mol. The van der Waals surface area contributed by atoms with E-state index in [0.717, 1.165) is 0 Å². The van der Waals surface area contributed by atoms with Gasteiger partial charge in [0.15, 0.2) is 5.43 Å². The van der Waals surface area contributed by atoms with Gasteiger partial charge >= 0.3 is 5.97 Å². The molecule has 1 rings (SSSR count). The zero-order chi connectivity index (χ0) is 9.14. The van der Waals surface area contributed by atoms with Gasteiger partial charge in [-0.15, -0.1) is 0 Å². The second kappa shape index (κ2) is 3.21. The summed E-state index contributed by atoms with van der Waals surface area (Å²) in [7, 11) is 1.24. The van der Waals surface area contributed by atoms with Crippen LogP contribution in [0.3, 0.4) is 0 Å². The lowest BCUT2D eigenvalue weighted by Gasteiger charge is -1.97. The number of aryl methyl sites for hydroxylation is 1. The molecule has 4 heteroatoms. The molecule has 0 aliphatic carbocycles. The molecular formula is C8H9NO3. The smallest absolute Gasteiger partial charge is 0.343 e. The topological polar surface area (TPSA) is 59.2 Å². The number of carbonyl (C=O) groups is 1. The number of carbonyl (C=O) groups excluding carboxylic acids is 1. The lowest BCUT2D eigenvalue weighted by Crippen LogP contribution is -2.16. The third-order valence-electron chi connectivity index (χ3n) is 1.46. The maximum Gasteiger partial charge on any atom is 0.343 e. The van der Waals surface area contributed by atoms with Crippen molar-refractivity contribution in [3.63, 3.8) is 0 Å². The first kappa shape index (κ1) is 8.52. The van der Waals surface area contributed by atoms with Crippen LogP contribution in [0.25, 0.3) is 0 Å². The minimum atomic E-state index is -0.615. The summed E-state index contributed by atoms with van der Waals surface area (Å²) in [4.78, 5) is 24.8. The Labute approximate surface area is 69.2 Å². The highest BCUT2D eigenvalue weighted by atomic mass is 16.5. The summed E-state index contributed by atoms with van der Waals surface area (Å²) >= 11 is 0. The Bertz CT molecular complexity index is 354. The molecule has 0 radical (unpaired) electrons. The van der Waals surface area contributed by atoms with Crippen molar-refractivity contribution in [1.82, 2.24) is 4.98 Å². The molecule has 0 aromatic carbocycles. The van der Waals surface area contributed by atoms with Crippen LogP contribution in [0.4, 0.5) is 0 Å². The van der Waals surface area contributed by atoms with Gasteiger partial charge in [0.2, 0.25) is 0 Å². The van der Waals surface area contributed by atoms with E-state index >= 15 is 0 Å². The number of rotatable bonds is 1. The molecule has 64 valence electrons. The van der Waals surface area contributed by atoms with Gasteiger partial charge in [-0.25, -0.2) is 4.79 Å². The molecule has 1 aromatic heterocycles. The number of methoxy groups -OCH3 is 1. The average Bonchev–Trinajstić information content (AvgIpc) is 2.03. The van der Waals surface area contributed by atoms with Crippen LogP contribution in [-0.2, 0) is 4.74 Å². The standard InChI is InChI=1S/C8H9NO3/c1-5-3-7(10)6(4-9-5)8(11)12-2/h3-4H,1-2H3,(H,9,10). The molecule has 0 bridgehead atoms. The number of esters is 1. The largest absolute Gasteiger partial charge is 0.465 e. The summed E-state index contributed by atoms with van der Waals surface area (Å²) in [6, 6.07) is 1.35. The Morgan fingerprint density at radius 2 is 2.25 bits per heavy atom. The van der Waals surface area contributed by atoms with E-state index in [1.54, 1.807) is 6.92 Å². The highest BCUT2D eigenvalue weighted by Gasteiger charge is 2.08. The number of hydrogen-bond acceptors (Lipinski definition) is 3. The van der Waals surface area contributed by atoms with Gasteiger partial charge in [0.1, 0.15) is 5.56 Å². The fraction of sp³-hybridized carbons (Fsp3) is 0.250. The summed E-state index contributed by atoms with van der Waals surface area (Å²) < 4.78 is 4.40. The number of aromatic nitrogens is 1. The quantitative estimate of drug-likeness (QED) is 0.618. The van der Waals surface area contributed by atoms with E-state index in [2.05, 4.69) is 9.72 Å². The molecule has 12 heavy (non-hydrogen) atoms. The molecular weight excluding hydrogens is 158 g/mol. The molecule has 1 N–H and O–H groups in total. The van der Waals surface area contributed by atoms with E-state index in [1.165, 1.54) is 19.4 Å². The summed E-state index contributed by atoms with van der Waals surface area (Å²) in [5, 5.41) is 0. The SMILES string of the molecule is COC(=O)c1c[nH]c(C)cc1=O. The Balaban J connectivity index is 3.19. The van der Waals surface area contributed by atoms with Crippen LogP contribution in [-0.4, -0.2) is 18.1 Å². The van der Waals surface area contributed by atoms with Gasteiger partial charge in [0.05, 0.1) is 7.11 Å². The van der Waals surface area contributed by atoms with Crippen molar-refractivity contribution in [2.75, 3.05) is 7.11 Å². The van der Waals surface area contributed by atoms with E-state index in [9.17, 15) is 9.59 Å². The summed E-state index contributed by atoms with van der Waals surface area (Å²) in [6.45, 7) is 1.74. The fourth-order valence-corrected chi connectivity index (χ4v) is 0.843. The van der Waals surface area contributed by atoms with Gasteiger partial charge in [0, 0.05) is 18.0 Å². The minimum Gasteiger partial charge on any atom is -0.465 e. The number of H-pyrrole nitrogens is 1. The molecule has 1 heterocycles. The van der Waals surface area contributed by atoms with Gasteiger partial charge in [-0.1, -0.05) is 0 Å². The third kappa shape index (κ3) is 1.53. The van der Waals surface area contributed by atoms with Gasteiger partial charge in [-0.3, -0.25) is 4.79 Å². The molecule has 0 aliphatic rings. The van der Waals surface area contributed by atoms with Crippen molar-refractivity contribution in [1.29, 1.82) is 0 Å². The molecule has 0 saturated heterocycles. The van der Waals surface area contributed by atoms with E-state index in [1.807, 2.05) is 0 Å². The number of pyridine rings is 1. The van der Waals surface area contributed by atoms with E-state index in [0.29, 0.717) is 5.69 Å². The summed E-state index contributed by atoms with van der Waals surface area (Å²) in [5.74, 6) is -0.615. The van der Waals surface area contributed by atoms with Crippen molar-refractivity contribution in [2.45, 2.75) is 6.92 Å². The van der Waals surface area contributed by atoms with Gasteiger partial charge in [0.25, 0.3) is 0 Å². The molecule has 4 nitrogen and oxygen atoms in total. The predicted octanol–water partition coefficient (Wildman–Crippen LogP) is 0.470. The average molecular weight is 167 g/mol. The van der Waals surface area contributed by atoms with Crippen LogP contribution in [0.2, 0.25) is 0 Å². The number of nitrogens with one attached hydrogen (secondary N) is 1. The van der Waals surface area contributed by atoms with Crippen molar-refractivity contribution < 1.29 is 9.53 Å². The zero-order valence-electron chi connectivity index (χ0n) is 6.88. The monoisotopic (exact) mass is 167 g/mol. The molecule has 0 unspecified atom stereocenters. The van der Waals surface area contributed by atoms with Crippen molar-refractivity contribution in [3.05, 3.63) is 33.7 Å². The number of ether oxygens (including phenoxy) is 1. The van der Waals surface area contributed by atoms with Crippen molar-refractivity contribution in [2.24, 2.45) is 0 Å². The van der Waals surface area contributed by atoms with Crippen LogP contribution in [0.15, 0.2) is 17.1 Å². The first-order chi connectivity index (χ1) is 5.65. The first-order valence-corrected chi connectivity index (χ1v) is 3.43. The summed E-state index contributed by atoms with van der Waals surface area (Å²) in [6.07, 6.45) is 1.35. The second-order valence-electron chi connectivity index (χ2n) is 2.39. The Kier molecular flexibility index (Phi) is 2.28. The van der Waals surface area contributed by atoms with Crippen molar-refractivity contribution in [3.8, 4) is 0 Å². The van der Waals surface area contributed by atoms with Crippen LogP contribution in [0.1, 0.15) is 16.1 Å². The second-order valence-corrected chi connectivity index (χ2v) is 2.39. The fourth-order valence-electron chi connectivity index (χ4n) is 0.843. The Morgan fingerprint density at radius 1 is 1.58 bits per heavy atom. The van der Waals surface area contributed by atoms with E-state index in [4.69, 9.17) is 0 Å². The molecule has 0 aliphatic heterocycles. The highest BCUT2D eigenvalue weighted by molar-refractivity contribution is 5.88. The summed E-state index contributed by atoms with van der Waals surface area (Å²) in [5.41, 5.74) is 0.425. The van der Waals surface area contributed by atoms with E-state index < -0.39 is 5.97 Å².